The van der Waals surface area contributed by atoms with Crippen LogP contribution >= 0.6 is 0 Å². The molecule has 19 heavy (non-hydrogen) atoms. The van der Waals surface area contributed by atoms with Gasteiger partial charge in [-0.3, -0.25) is 4.55 Å². The van der Waals surface area contributed by atoms with Crippen LogP contribution in [0.5, 0.6) is 0 Å². The minimum absolute atomic E-state index is 0.132. The molecule has 0 saturated heterocycles. The van der Waals surface area contributed by atoms with Crippen LogP contribution in [0.1, 0.15) is 27.2 Å². The molecule has 0 fully saturated rings. The maximum Gasteiger partial charge on any atom is 0.264 e. The fourth-order valence-electron chi connectivity index (χ4n) is 1.39. The summed E-state index contributed by atoms with van der Waals surface area (Å²) in [7, 11) is -3.67. The molecule has 0 unspecified atom stereocenters. The molecule has 2 aromatic carbocycles. The van der Waals surface area contributed by atoms with E-state index in [0.717, 1.165) is 0 Å². The number of rotatable bonds is 2. The van der Waals surface area contributed by atoms with Gasteiger partial charge in [0.25, 0.3) is 10.1 Å². The molecule has 4 heteroatoms. The lowest BCUT2D eigenvalue weighted by Crippen LogP contribution is -2.01. The summed E-state index contributed by atoms with van der Waals surface area (Å²) in [4.78, 5) is 0. The molecule has 0 atom stereocenters. The zero-order valence-electron chi connectivity index (χ0n) is 11.7. The Morgan fingerprint density at radius 1 is 0.895 bits per heavy atom. The molecule has 0 saturated carbocycles. The van der Waals surface area contributed by atoms with Crippen LogP contribution in [-0.2, 0) is 10.1 Å². The number of fused-ring (bicyclic) bond motifs is 1. The van der Waals surface area contributed by atoms with Crippen molar-refractivity contribution in [1.29, 1.82) is 0 Å². The van der Waals surface area contributed by atoms with Gasteiger partial charge in [-0.15, -0.1) is 0 Å². The number of hydrogen-bond donors (Lipinski definition) is 1. The first-order valence-electron chi connectivity index (χ1n) is 6.42. The van der Waals surface area contributed by atoms with Gasteiger partial charge in [0.15, 0.2) is 0 Å². The lowest BCUT2D eigenvalue weighted by atomic mass is 10.1. The number of hydrogen-bond acceptors (Lipinski definition) is 2. The monoisotopic (exact) mass is 282 g/mol. The van der Waals surface area contributed by atoms with Crippen LogP contribution < -0.4 is 0 Å². The molecule has 0 heterocycles. The highest BCUT2D eigenvalue weighted by atomic mass is 32.2. The topological polar surface area (TPSA) is 54.4 Å². The second-order valence-electron chi connectivity index (χ2n) is 3.63. The average Bonchev–Trinajstić information content (AvgIpc) is 2.41. The van der Waals surface area contributed by atoms with Gasteiger partial charge in [0.2, 0.25) is 0 Å². The van der Waals surface area contributed by atoms with Gasteiger partial charge in [0, 0.05) is 0 Å². The fraction of sp³-hybridized carbons (Fsp3) is 0.333. The van der Waals surface area contributed by atoms with E-state index in [1.165, 1.54) is 10.8 Å². The van der Waals surface area contributed by atoms with Crippen molar-refractivity contribution in [3.63, 3.8) is 0 Å². The maximum atomic E-state index is 9.79. The Kier molecular flexibility index (Phi) is 8.83. The van der Waals surface area contributed by atoms with E-state index in [4.69, 9.17) is 4.55 Å². The van der Waals surface area contributed by atoms with Crippen molar-refractivity contribution in [3.8, 4) is 0 Å². The van der Waals surface area contributed by atoms with Crippen LogP contribution in [-0.4, -0.2) is 18.7 Å². The first-order valence-corrected chi connectivity index (χ1v) is 8.03. The molecule has 0 amide bonds. The predicted octanol–water partition coefficient (Wildman–Crippen LogP) is 4.15. The van der Waals surface area contributed by atoms with Gasteiger partial charge in [-0.1, -0.05) is 69.3 Å². The van der Waals surface area contributed by atoms with Gasteiger partial charge in [-0.25, -0.2) is 0 Å². The second-order valence-corrected chi connectivity index (χ2v) is 5.21. The van der Waals surface area contributed by atoms with Crippen molar-refractivity contribution in [2.75, 3.05) is 5.75 Å². The van der Waals surface area contributed by atoms with Crippen LogP contribution in [0.15, 0.2) is 48.5 Å². The summed E-state index contributed by atoms with van der Waals surface area (Å²) >= 11 is 0. The molecular formula is C15H22O3S. The average molecular weight is 282 g/mol. The summed E-state index contributed by atoms with van der Waals surface area (Å²) in [6.07, 6.45) is 0.471. The first kappa shape index (κ1) is 17.6. The lowest BCUT2D eigenvalue weighted by molar-refractivity contribution is 0.482. The van der Waals surface area contributed by atoms with E-state index < -0.39 is 10.1 Å². The van der Waals surface area contributed by atoms with E-state index in [0.29, 0.717) is 6.42 Å². The minimum Gasteiger partial charge on any atom is -0.286 e. The maximum absolute atomic E-state index is 9.79. The zero-order chi connectivity index (χ0) is 14.7. The summed E-state index contributed by atoms with van der Waals surface area (Å²) in [5.74, 6) is -0.132. The Morgan fingerprint density at radius 2 is 1.21 bits per heavy atom. The lowest BCUT2D eigenvalue weighted by Gasteiger charge is -1.92. The van der Waals surface area contributed by atoms with Crippen molar-refractivity contribution in [3.05, 3.63) is 48.5 Å². The van der Waals surface area contributed by atoms with E-state index in [9.17, 15) is 8.42 Å². The molecule has 106 valence electrons. The van der Waals surface area contributed by atoms with Crippen molar-refractivity contribution in [2.45, 2.75) is 27.2 Å². The molecule has 0 radical (unpaired) electrons. The normalized spacial score (nSPS) is 9.89. The molecule has 0 spiro atoms. The smallest absolute Gasteiger partial charge is 0.264 e. The Bertz CT molecular complexity index is 497. The SMILES string of the molecule is CC.CCCS(=O)(=O)O.c1ccc2ccccc2c1. The summed E-state index contributed by atoms with van der Waals surface area (Å²) in [5.41, 5.74) is 0. The van der Waals surface area contributed by atoms with E-state index in [1.54, 1.807) is 6.92 Å². The highest BCUT2D eigenvalue weighted by Gasteiger charge is 1.98. The quantitative estimate of drug-likeness (QED) is 0.842. The third kappa shape index (κ3) is 8.35. The first-order chi connectivity index (χ1) is 9.03. The van der Waals surface area contributed by atoms with Crippen LogP contribution in [0.2, 0.25) is 0 Å². The fourth-order valence-corrected chi connectivity index (χ4v) is 1.91. The van der Waals surface area contributed by atoms with Crippen LogP contribution in [0.3, 0.4) is 0 Å². The summed E-state index contributed by atoms with van der Waals surface area (Å²) in [6, 6.07) is 16.7. The molecular weight excluding hydrogens is 260 g/mol. The van der Waals surface area contributed by atoms with Crippen molar-refractivity contribution < 1.29 is 13.0 Å². The molecule has 0 aliphatic heterocycles. The second kappa shape index (κ2) is 9.53. The zero-order valence-corrected chi connectivity index (χ0v) is 12.5. The van der Waals surface area contributed by atoms with Gasteiger partial charge < -0.3 is 0 Å². The van der Waals surface area contributed by atoms with E-state index >= 15 is 0 Å². The summed E-state index contributed by atoms with van der Waals surface area (Å²) in [6.45, 7) is 5.69. The molecule has 0 bridgehead atoms. The molecule has 0 aromatic heterocycles. The Morgan fingerprint density at radius 3 is 1.37 bits per heavy atom. The predicted molar refractivity (Wildman–Crippen MR) is 82.0 cm³/mol. The van der Waals surface area contributed by atoms with Crippen molar-refractivity contribution in [1.82, 2.24) is 0 Å². The highest BCUT2D eigenvalue weighted by molar-refractivity contribution is 7.85. The van der Waals surface area contributed by atoms with E-state index in [1.807, 2.05) is 13.8 Å². The molecule has 3 nitrogen and oxygen atoms in total. The highest BCUT2D eigenvalue weighted by Crippen LogP contribution is 2.11. The van der Waals surface area contributed by atoms with Gasteiger partial charge >= 0.3 is 0 Å². The third-order valence-corrected chi connectivity index (χ3v) is 3.04. The van der Waals surface area contributed by atoms with Crippen molar-refractivity contribution >= 4 is 20.9 Å². The van der Waals surface area contributed by atoms with E-state index in [-0.39, 0.29) is 5.75 Å². The van der Waals surface area contributed by atoms with Gasteiger partial charge in [-0.2, -0.15) is 8.42 Å². The summed E-state index contributed by atoms with van der Waals surface area (Å²) < 4.78 is 27.6. The van der Waals surface area contributed by atoms with Gasteiger partial charge in [-0.05, 0) is 17.2 Å². The van der Waals surface area contributed by atoms with Crippen LogP contribution in [0, 0.1) is 0 Å². The Labute approximate surface area is 116 Å². The van der Waals surface area contributed by atoms with Crippen molar-refractivity contribution in [2.24, 2.45) is 0 Å². The molecule has 1 N–H and O–H groups in total. The molecule has 2 aromatic rings. The molecule has 0 aliphatic carbocycles. The van der Waals surface area contributed by atoms with Gasteiger partial charge in [0.05, 0.1) is 5.75 Å². The Balaban J connectivity index is 0.000000321. The molecule has 2 rings (SSSR count). The molecule has 0 aliphatic rings. The van der Waals surface area contributed by atoms with E-state index in [2.05, 4.69) is 48.5 Å². The van der Waals surface area contributed by atoms with Crippen LogP contribution in [0.4, 0.5) is 0 Å². The van der Waals surface area contributed by atoms with Gasteiger partial charge in [0.1, 0.15) is 0 Å². The summed E-state index contributed by atoms with van der Waals surface area (Å²) in [5, 5.41) is 2.62. The minimum atomic E-state index is -3.67. The Hall–Kier alpha value is -1.39. The number of benzene rings is 2. The standard InChI is InChI=1S/C10H8.C3H8O3S.C2H6/c1-2-6-10-8-4-3-7-9(10)5-1;1-2-3-7(4,5)6;1-2/h1-8H;2-3H2,1H3,(H,4,5,6);1-2H3. The van der Waals surface area contributed by atoms with Crippen LogP contribution in [0.25, 0.3) is 10.8 Å². The largest absolute Gasteiger partial charge is 0.286 e. The third-order valence-electron chi connectivity index (χ3n) is 2.12.